The van der Waals surface area contributed by atoms with Crippen LogP contribution in [0.25, 0.3) is 0 Å². The summed E-state index contributed by atoms with van der Waals surface area (Å²) in [6.07, 6.45) is 21.5. The molecular weight excluding hydrogens is 284 g/mol. The molecule has 3 atom stereocenters. The van der Waals surface area contributed by atoms with Gasteiger partial charge in [0.25, 0.3) is 6.47 Å². The van der Waals surface area contributed by atoms with Crippen LogP contribution in [0.3, 0.4) is 0 Å². The van der Waals surface area contributed by atoms with Crippen LogP contribution in [0.15, 0.2) is 12.2 Å². The second-order valence-corrected chi connectivity index (χ2v) is 7.16. The third kappa shape index (κ3) is 8.58. The molecule has 2 heteroatoms. The number of carbonyl (C=O) groups is 1. The molecule has 1 rings (SSSR count). The highest BCUT2D eigenvalue weighted by atomic mass is 16.5. The first-order chi connectivity index (χ1) is 11.3. The summed E-state index contributed by atoms with van der Waals surface area (Å²) in [5.74, 6) is 1.17. The average molecular weight is 323 g/mol. The van der Waals surface area contributed by atoms with Gasteiger partial charge in [0.2, 0.25) is 0 Å². The van der Waals surface area contributed by atoms with Crippen molar-refractivity contribution in [1.29, 1.82) is 0 Å². The van der Waals surface area contributed by atoms with Crippen molar-refractivity contribution in [2.45, 2.75) is 103 Å². The third-order valence-electron chi connectivity index (χ3n) is 5.29. The molecule has 1 aliphatic carbocycles. The molecule has 0 aromatic rings. The van der Waals surface area contributed by atoms with E-state index in [1.165, 1.54) is 77.0 Å². The number of allylic oxidation sites excluding steroid dienone is 2. The fraction of sp³-hybridized carbons (Fsp3) is 0.857. The van der Waals surface area contributed by atoms with Crippen LogP contribution in [0.2, 0.25) is 0 Å². The minimum atomic E-state index is 0.161. The molecule has 1 aliphatic rings. The highest BCUT2D eigenvalue weighted by molar-refractivity contribution is 5.37. The minimum Gasteiger partial charge on any atom is -0.464 e. The highest BCUT2D eigenvalue weighted by Crippen LogP contribution is 2.38. The number of unbranched alkanes of at least 4 members (excludes halogenated alkanes) is 8. The van der Waals surface area contributed by atoms with Gasteiger partial charge in [-0.3, -0.25) is 4.79 Å². The van der Waals surface area contributed by atoms with Crippen LogP contribution in [0.5, 0.6) is 0 Å². The van der Waals surface area contributed by atoms with E-state index in [9.17, 15) is 4.79 Å². The summed E-state index contributed by atoms with van der Waals surface area (Å²) >= 11 is 0. The number of hydrogen-bond acceptors (Lipinski definition) is 2. The topological polar surface area (TPSA) is 26.3 Å². The van der Waals surface area contributed by atoms with E-state index in [0.717, 1.165) is 6.42 Å². The quantitative estimate of drug-likeness (QED) is 0.209. The molecule has 0 spiro atoms. The van der Waals surface area contributed by atoms with Crippen molar-refractivity contribution in [1.82, 2.24) is 0 Å². The SMILES string of the molecule is CCCCCCC=C[C@H]1CC[C@@H](OC=O)[C@@H]1CCCCCCC. The zero-order chi connectivity index (χ0) is 16.8. The molecule has 0 heterocycles. The largest absolute Gasteiger partial charge is 0.464 e. The molecule has 0 aromatic carbocycles. The zero-order valence-electron chi connectivity index (χ0n) is 15.5. The van der Waals surface area contributed by atoms with Crippen LogP contribution in [0, 0.1) is 11.8 Å². The van der Waals surface area contributed by atoms with Gasteiger partial charge in [0.15, 0.2) is 0 Å². The van der Waals surface area contributed by atoms with E-state index in [1.807, 2.05) is 0 Å². The summed E-state index contributed by atoms with van der Waals surface area (Å²) < 4.78 is 5.37. The zero-order valence-corrected chi connectivity index (χ0v) is 15.5. The van der Waals surface area contributed by atoms with E-state index in [2.05, 4.69) is 26.0 Å². The van der Waals surface area contributed by atoms with Crippen LogP contribution in [-0.4, -0.2) is 12.6 Å². The van der Waals surface area contributed by atoms with Crippen molar-refractivity contribution in [2.75, 3.05) is 0 Å². The van der Waals surface area contributed by atoms with Gasteiger partial charge in [-0.15, -0.1) is 0 Å². The van der Waals surface area contributed by atoms with Gasteiger partial charge in [0.05, 0.1) is 0 Å². The molecule has 0 aromatic heterocycles. The fourth-order valence-corrected chi connectivity index (χ4v) is 3.88. The lowest BCUT2D eigenvalue weighted by molar-refractivity contribution is -0.135. The summed E-state index contributed by atoms with van der Waals surface area (Å²) in [6, 6.07) is 0. The van der Waals surface area contributed by atoms with Crippen molar-refractivity contribution in [3.05, 3.63) is 12.2 Å². The van der Waals surface area contributed by atoms with Crippen LogP contribution in [0.4, 0.5) is 0 Å². The number of carbonyl (C=O) groups excluding carboxylic acids is 1. The summed E-state index contributed by atoms with van der Waals surface area (Å²) in [5, 5.41) is 0. The molecule has 1 fully saturated rings. The Labute approximate surface area is 144 Å². The molecule has 0 saturated heterocycles. The van der Waals surface area contributed by atoms with Gasteiger partial charge in [-0.1, -0.05) is 77.4 Å². The first-order valence-corrected chi connectivity index (χ1v) is 10.1. The molecule has 134 valence electrons. The van der Waals surface area contributed by atoms with Gasteiger partial charge < -0.3 is 4.74 Å². The van der Waals surface area contributed by atoms with Gasteiger partial charge in [-0.25, -0.2) is 0 Å². The molecule has 0 bridgehead atoms. The van der Waals surface area contributed by atoms with Crippen molar-refractivity contribution in [3.63, 3.8) is 0 Å². The van der Waals surface area contributed by atoms with E-state index in [4.69, 9.17) is 4.74 Å². The number of rotatable bonds is 14. The molecule has 0 aliphatic heterocycles. The Morgan fingerprint density at radius 1 is 0.913 bits per heavy atom. The minimum absolute atomic E-state index is 0.161. The molecular formula is C21H38O2. The van der Waals surface area contributed by atoms with E-state index in [1.54, 1.807) is 0 Å². The molecule has 0 radical (unpaired) electrons. The highest BCUT2D eigenvalue weighted by Gasteiger charge is 2.35. The second-order valence-electron chi connectivity index (χ2n) is 7.16. The maximum atomic E-state index is 10.7. The van der Waals surface area contributed by atoms with E-state index in [0.29, 0.717) is 18.3 Å². The predicted octanol–water partition coefficient (Wildman–Crippen LogP) is 6.44. The third-order valence-corrected chi connectivity index (χ3v) is 5.29. The van der Waals surface area contributed by atoms with Crippen molar-refractivity contribution >= 4 is 6.47 Å². The van der Waals surface area contributed by atoms with Crippen molar-refractivity contribution < 1.29 is 9.53 Å². The van der Waals surface area contributed by atoms with Gasteiger partial charge in [-0.05, 0) is 38.0 Å². The maximum absolute atomic E-state index is 10.7. The first-order valence-electron chi connectivity index (χ1n) is 10.1. The Morgan fingerprint density at radius 2 is 1.61 bits per heavy atom. The Bertz CT molecular complexity index is 311. The molecule has 2 nitrogen and oxygen atoms in total. The Hall–Kier alpha value is -0.790. The molecule has 23 heavy (non-hydrogen) atoms. The Balaban J connectivity index is 2.35. The van der Waals surface area contributed by atoms with Gasteiger partial charge >= 0.3 is 0 Å². The summed E-state index contributed by atoms with van der Waals surface area (Å²) in [4.78, 5) is 10.7. The van der Waals surface area contributed by atoms with Crippen LogP contribution in [-0.2, 0) is 9.53 Å². The lowest BCUT2D eigenvalue weighted by atomic mass is 9.88. The van der Waals surface area contributed by atoms with Crippen LogP contribution >= 0.6 is 0 Å². The molecule has 0 amide bonds. The summed E-state index contributed by atoms with van der Waals surface area (Å²) in [6.45, 7) is 5.17. The maximum Gasteiger partial charge on any atom is 0.293 e. The summed E-state index contributed by atoms with van der Waals surface area (Å²) in [7, 11) is 0. The van der Waals surface area contributed by atoms with Crippen molar-refractivity contribution in [2.24, 2.45) is 11.8 Å². The average Bonchev–Trinajstić information content (AvgIpc) is 2.93. The normalized spacial score (nSPS) is 24.3. The standard InChI is InChI=1S/C21H38O2/c1-3-5-7-9-11-12-14-19-16-17-21(23-18-22)20(19)15-13-10-8-6-4-2/h12,14,18-21H,3-11,13,15-17H2,1-2H3/t19-,20+,21+/m0/s1. The molecule has 1 saturated carbocycles. The Kier molecular flexibility index (Phi) is 12.0. The lowest BCUT2D eigenvalue weighted by Crippen LogP contribution is -2.21. The van der Waals surface area contributed by atoms with Gasteiger partial charge in [-0.2, -0.15) is 0 Å². The van der Waals surface area contributed by atoms with Crippen LogP contribution < -0.4 is 0 Å². The second kappa shape index (κ2) is 13.6. The number of ether oxygens (including phenoxy) is 1. The monoisotopic (exact) mass is 322 g/mol. The predicted molar refractivity (Wildman–Crippen MR) is 98.4 cm³/mol. The van der Waals surface area contributed by atoms with E-state index < -0.39 is 0 Å². The number of hydrogen-bond donors (Lipinski definition) is 0. The first kappa shape index (κ1) is 20.3. The van der Waals surface area contributed by atoms with Gasteiger partial charge in [0.1, 0.15) is 6.10 Å². The van der Waals surface area contributed by atoms with Crippen LogP contribution in [0.1, 0.15) is 97.3 Å². The molecule has 0 unspecified atom stereocenters. The van der Waals surface area contributed by atoms with Crippen molar-refractivity contribution in [3.8, 4) is 0 Å². The van der Waals surface area contributed by atoms with E-state index in [-0.39, 0.29) is 6.10 Å². The smallest absolute Gasteiger partial charge is 0.293 e. The summed E-state index contributed by atoms with van der Waals surface area (Å²) in [5.41, 5.74) is 0. The van der Waals surface area contributed by atoms with Gasteiger partial charge in [0, 0.05) is 5.92 Å². The lowest BCUT2D eigenvalue weighted by Gasteiger charge is -2.22. The Morgan fingerprint density at radius 3 is 2.30 bits per heavy atom. The fourth-order valence-electron chi connectivity index (χ4n) is 3.88. The molecule has 0 N–H and O–H groups in total. The van der Waals surface area contributed by atoms with E-state index >= 15 is 0 Å².